The van der Waals surface area contributed by atoms with Crippen molar-refractivity contribution >= 4 is 27.5 Å². The smallest absolute Gasteiger partial charge is 0.264 e. The lowest BCUT2D eigenvalue weighted by Crippen LogP contribution is -2.52. The molecule has 0 radical (unpaired) electrons. The third-order valence-corrected chi connectivity index (χ3v) is 8.39. The molecule has 0 unspecified atom stereocenters. The number of hydrogen-bond acceptors (Lipinski definition) is 4. The number of aryl methyl sites for hydroxylation is 2. The Balaban J connectivity index is 2.02. The Hall–Kier alpha value is -3.72. The van der Waals surface area contributed by atoms with E-state index in [2.05, 4.69) is 5.32 Å². The molecule has 9 heteroatoms. The Morgan fingerprint density at radius 3 is 2.15 bits per heavy atom. The summed E-state index contributed by atoms with van der Waals surface area (Å²) in [6, 6.07) is 17.8. The van der Waals surface area contributed by atoms with E-state index < -0.39 is 34.3 Å². The summed E-state index contributed by atoms with van der Waals surface area (Å²) in [5.74, 6) is -1.43. The van der Waals surface area contributed by atoms with Crippen LogP contribution in [-0.4, -0.2) is 43.8 Å². The highest BCUT2D eigenvalue weighted by atomic mass is 32.2. The number of hydrogen-bond donors (Lipinski definition) is 1. The summed E-state index contributed by atoms with van der Waals surface area (Å²) in [5.41, 5.74) is 2.81. The number of halogens is 1. The van der Waals surface area contributed by atoms with Crippen molar-refractivity contribution in [2.24, 2.45) is 0 Å². The summed E-state index contributed by atoms with van der Waals surface area (Å²) in [6.07, 6.45) is 0.720. The third kappa shape index (κ3) is 7.66. The molecule has 0 bridgehead atoms. The number of carbonyl (C=O) groups is 2. The average Bonchev–Trinajstić information content (AvgIpc) is 2.90. The van der Waals surface area contributed by atoms with Crippen LogP contribution >= 0.6 is 0 Å². The Morgan fingerprint density at radius 2 is 1.56 bits per heavy atom. The van der Waals surface area contributed by atoms with Gasteiger partial charge >= 0.3 is 0 Å². The number of nitrogens with zero attached hydrogens (tertiary/aromatic N) is 2. The van der Waals surface area contributed by atoms with Gasteiger partial charge in [-0.15, -0.1) is 0 Å². The van der Waals surface area contributed by atoms with Crippen molar-refractivity contribution < 1.29 is 22.4 Å². The largest absolute Gasteiger partial charge is 0.352 e. The molecule has 0 saturated heterocycles. The fourth-order valence-corrected chi connectivity index (χ4v) is 5.44. The van der Waals surface area contributed by atoms with Crippen molar-refractivity contribution in [3.63, 3.8) is 0 Å². The molecule has 39 heavy (non-hydrogen) atoms. The van der Waals surface area contributed by atoms with Gasteiger partial charge in [0.25, 0.3) is 10.0 Å². The number of benzene rings is 3. The standard InChI is InChI=1S/C30H36FN3O4S/c1-6-23(4)32-30(36)24(5)33(19-25-9-7-8-22(3)18-25)29(35)20-34(27-14-12-26(31)13-15-27)39(37,38)28-16-10-21(2)11-17-28/h7-18,23-24H,6,19-20H2,1-5H3,(H,32,36)/t23-,24+/m0/s1. The third-order valence-electron chi connectivity index (χ3n) is 6.61. The first-order valence-electron chi connectivity index (χ1n) is 12.9. The van der Waals surface area contributed by atoms with Crippen LogP contribution in [-0.2, 0) is 26.2 Å². The van der Waals surface area contributed by atoms with Crippen molar-refractivity contribution in [2.75, 3.05) is 10.8 Å². The Kier molecular flexibility index (Phi) is 9.86. The van der Waals surface area contributed by atoms with Gasteiger partial charge in [0.2, 0.25) is 11.8 Å². The molecule has 0 aromatic heterocycles. The second kappa shape index (κ2) is 12.9. The van der Waals surface area contributed by atoms with Crippen LogP contribution < -0.4 is 9.62 Å². The molecule has 2 amide bonds. The molecule has 7 nitrogen and oxygen atoms in total. The Labute approximate surface area is 230 Å². The van der Waals surface area contributed by atoms with Crippen LogP contribution in [0.5, 0.6) is 0 Å². The molecule has 3 rings (SSSR count). The maximum atomic E-state index is 13.9. The van der Waals surface area contributed by atoms with Crippen LogP contribution in [0, 0.1) is 19.7 Å². The minimum Gasteiger partial charge on any atom is -0.352 e. The van der Waals surface area contributed by atoms with E-state index in [-0.39, 0.29) is 29.1 Å². The monoisotopic (exact) mass is 553 g/mol. The highest BCUT2D eigenvalue weighted by Crippen LogP contribution is 2.25. The number of rotatable bonds is 11. The lowest BCUT2D eigenvalue weighted by atomic mass is 10.1. The first-order chi connectivity index (χ1) is 18.4. The lowest BCUT2D eigenvalue weighted by Gasteiger charge is -2.32. The molecular weight excluding hydrogens is 517 g/mol. The van der Waals surface area contributed by atoms with Gasteiger partial charge in [-0.25, -0.2) is 12.8 Å². The molecular formula is C30H36FN3O4S. The van der Waals surface area contributed by atoms with E-state index >= 15 is 0 Å². The molecule has 0 saturated carbocycles. The number of amides is 2. The van der Waals surface area contributed by atoms with Crippen LogP contribution in [0.25, 0.3) is 0 Å². The van der Waals surface area contributed by atoms with E-state index in [9.17, 15) is 22.4 Å². The van der Waals surface area contributed by atoms with Crippen LogP contribution in [0.2, 0.25) is 0 Å². The Morgan fingerprint density at radius 1 is 0.923 bits per heavy atom. The SMILES string of the molecule is CC[C@H](C)NC(=O)[C@@H](C)N(Cc1cccc(C)c1)C(=O)CN(c1ccc(F)cc1)S(=O)(=O)c1ccc(C)cc1. The van der Waals surface area contributed by atoms with Crippen molar-refractivity contribution in [3.8, 4) is 0 Å². The van der Waals surface area contributed by atoms with Gasteiger partial charge in [-0.1, -0.05) is 54.4 Å². The zero-order valence-electron chi connectivity index (χ0n) is 23.0. The summed E-state index contributed by atoms with van der Waals surface area (Å²) in [4.78, 5) is 28.3. The molecule has 208 valence electrons. The summed E-state index contributed by atoms with van der Waals surface area (Å²) < 4.78 is 42.2. The van der Waals surface area contributed by atoms with Gasteiger partial charge < -0.3 is 10.2 Å². The van der Waals surface area contributed by atoms with Gasteiger partial charge in [0.15, 0.2) is 0 Å². The van der Waals surface area contributed by atoms with Crippen molar-refractivity contribution in [1.82, 2.24) is 10.2 Å². The summed E-state index contributed by atoms with van der Waals surface area (Å²) >= 11 is 0. The van der Waals surface area contributed by atoms with E-state index in [1.807, 2.05) is 52.0 Å². The number of carbonyl (C=O) groups excluding carboxylic acids is 2. The van der Waals surface area contributed by atoms with Gasteiger partial charge in [0.05, 0.1) is 10.6 Å². The molecule has 0 aliphatic rings. The molecule has 0 spiro atoms. The van der Waals surface area contributed by atoms with Crippen LogP contribution in [0.3, 0.4) is 0 Å². The summed E-state index contributed by atoms with van der Waals surface area (Å²) in [5, 5.41) is 2.91. The highest BCUT2D eigenvalue weighted by molar-refractivity contribution is 7.92. The fraction of sp³-hybridized carbons (Fsp3) is 0.333. The maximum Gasteiger partial charge on any atom is 0.264 e. The molecule has 2 atom stereocenters. The van der Waals surface area contributed by atoms with Gasteiger partial charge in [-0.3, -0.25) is 13.9 Å². The van der Waals surface area contributed by atoms with Gasteiger partial charge in [-0.2, -0.15) is 0 Å². The summed E-state index contributed by atoms with van der Waals surface area (Å²) in [7, 11) is -4.20. The average molecular weight is 554 g/mol. The van der Waals surface area contributed by atoms with Crippen molar-refractivity contribution in [1.29, 1.82) is 0 Å². The molecule has 0 fully saturated rings. The van der Waals surface area contributed by atoms with Crippen molar-refractivity contribution in [2.45, 2.75) is 64.6 Å². The quantitative estimate of drug-likeness (QED) is 0.363. The zero-order chi connectivity index (χ0) is 28.7. The highest BCUT2D eigenvalue weighted by Gasteiger charge is 2.32. The first kappa shape index (κ1) is 29.8. The molecule has 0 aliphatic heterocycles. The number of sulfonamides is 1. The number of nitrogens with one attached hydrogen (secondary N) is 1. The van der Waals surface area contributed by atoms with Crippen LogP contribution in [0.1, 0.15) is 43.9 Å². The second-order valence-electron chi connectivity index (χ2n) is 9.81. The van der Waals surface area contributed by atoms with E-state index in [0.717, 1.165) is 39.5 Å². The maximum absolute atomic E-state index is 13.9. The molecule has 0 aliphatic carbocycles. The molecule has 0 heterocycles. The second-order valence-corrected chi connectivity index (χ2v) is 11.7. The minimum atomic E-state index is -4.20. The van der Waals surface area contributed by atoms with Crippen LogP contribution in [0.4, 0.5) is 10.1 Å². The first-order valence-corrected chi connectivity index (χ1v) is 14.4. The zero-order valence-corrected chi connectivity index (χ0v) is 23.8. The summed E-state index contributed by atoms with van der Waals surface area (Å²) in [6.45, 7) is 8.75. The Bertz CT molecular complexity index is 1390. The minimum absolute atomic E-state index is 0.00183. The van der Waals surface area contributed by atoms with E-state index in [1.54, 1.807) is 19.1 Å². The van der Waals surface area contributed by atoms with E-state index in [0.29, 0.717) is 0 Å². The lowest BCUT2D eigenvalue weighted by molar-refractivity contribution is -0.139. The fourth-order valence-electron chi connectivity index (χ4n) is 4.03. The molecule has 3 aromatic carbocycles. The van der Waals surface area contributed by atoms with E-state index in [4.69, 9.17) is 0 Å². The predicted octanol–water partition coefficient (Wildman–Crippen LogP) is 4.97. The van der Waals surface area contributed by atoms with Gasteiger partial charge in [-0.05, 0) is 76.1 Å². The predicted molar refractivity (Wildman–Crippen MR) is 151 cm³/mol. The number of anilines is 1. The molecule has 3 aromatic rings. The normalized spacial score (nSPS) is 12.9. The van der Waals surface area contributed by atoms with Crippen LogP contribution in [0.15, 0.2) is 77.7 Å². The van der Waals surface area contributed by atoms with Crippen molar-refractivity contribution in [3.05, 3.63) is 95.3 Å². The van der Waals surface area contributed by atoms with Gasteiger partial charge in [0, 0.05) is 12.6 Å². The topological polar surface area (TPSA) is 86.8 Å². The van der Waals surface area contributed by atoms with E-state index in [1.165, 1.54) is 29.2 Å². The van der Waals surface area contributed by atoms with Gasteiger partial charge in [0.1, 0.15) is 18.4 Å². The molecule has 1 N–H and O–H groups in total.